The van der Waals surface area contributed by atoms with Gasteiger partial charge in [0.1, 0.15) is 0 Å². The van der Waals surface area contributed by atoms with E-state index in [0.717, 1.165) is 64.2 Å². The van der Waals surface area contributed by atoms with E-state index in [9.17, 15) is 4.79 Å². The third kappa shape index (κ3) is 4.78. The maximum atomic E-state index is 13.0. The van der Waals surface area contributed by atoms with Crippen LogP contribution in [0.1, 0.15) is 43.0 Å². The normalized spacial score (nSPS) is 21.7. The maximum Gasteiger partial charge on any atom is 0.317 e. The van der Waals surface area contributed by atoms with Gasteiger partial charge in [-0.25, -0.2) is 4.79 Å². The van der Waals surface area contributed by atoms with Crippen LogP contribution in [0, 0.1) is 12.8 Å². The molecule has 7 nitrogen and oxygen atoms in total. The number of carbonyl (C=O) groups is 1. The smallest absolute Gasteiger partial charge is 0.317 e. The van der Waals surface area contributed by atoms with Gasteiger partial charge in [0.15, 0.2) is 5.82 Å². The van der Waals surface area contributed by atoms with Crippen LogP contribution in [-0.4, -0.2) is 53.9 Å². The summed E-state index contributed by atoms with van der Waals surface area (Å²) in [6.07, 6.45) is 4.70. The van der Waals surface area contributed by atoms with E-state index < -0.39 is 0 Å². The van der Waals surface area contributed by atoms with Crippen LogP contribution in [0.4, 0.5) is 4.79 Å². The van der Waals surface area contributed by atoms with Crippen molar-refractivity contribution in [2.45, 2.75) is 44.4 Å². The molecule has 1 aromatic carbocycles. The van der Waals surface area contributed by atoms with Gasteiger partial charge in [0.05, 0.1) is 0 Å². The van der Waals surface area contributed by atoms with Gasteiger partial charge in [-0.1, -0.05) is 35.5 Å². The summed E-state index contributed by atoms with van der Waals surface area (Å²) in [6.45, 7) is 5.46. The molecule has 1 N–H and O–H groups in total. The minimum atomic E-state index is -0.0491. The van der Waals surface area contributed by atoms with E-state index in [2.05, 4.69) is 39.7 Å². The first-order chi connectivity index (χ1) is 14.1. The summed E-state index contributed by atoms with van der Waals surface area (Å²) in [5, 5.41) is 7.23. The standard InChI is InChI=1S/C22H30N4O3/c1-17-24-20(25-29-17)14-18-6-5-11-26(15-18)21(27)23-16-22(9-12-28-13-10-22)19-7-3-2-4-8-19/h2-4,7-8,18H,5-6,9-16H2,1H3,(H,23,27). The Labute approximate surface area is 171 Å². The fraction of sp³-hybridized carbons (Fsp3) is 0.591. The highest BCUT2D eigenvalue weighted by Crippen LogP contribution is 2.34. The SMILES string of the molecule is Cc1nc(CC2CCCN(C(=O)NCC3(c4ccccc4)CCOCC3)C2)no1. The van der Waals surface area contributed by atoms with Crippen LogP contribution in [0.25, 0.3) is 0 Å². The number of likely N-dealkylation sites (tertiary alicyclic amines) is 1. The van der Waals surface area contributed by atoms with E-state index in [0.29, 0.717) is 18.4 Å². The zero-order valence-corrected chi connectivity index (χ0v) is 17.1. The summed E-state index contributed by atoms with van der Waals surface area (Å²) >= 11 is 0. The van der Waals surface area contributed by atoms with E-state index in [1.54, 1.807) is 6.92 Å². The van der Waals surface area contributed by atoms with E-state index in [1.807, 2.05) is 11.0 Å². The molecule has 1 aromatic heterocycles. The van der Waals surface area contributed by atoms with Gasteiger partial charge in [-0.05, 0) is 37.2 Å². The molecule has 4 rings (SSSR count). The number of carbonyl (C=O) groups excluding carboxylic acids is 1. The predicted molar refractivity (Wildman–Crippen MR) is 109 cm³/mol. The minimum absolute atomic E-state index is 0.0285. The lowest BCUT2D eigenvalue weighted by Gasteiger charge is -2.39. The molecule has 2 amide bonds. The lowest BCUT2D eigenvalue weighted by atomic mass is 9.74. The quantitative estimate of drug-likeness (QED) is 0.837. The minimum Gasteiger partial charge on any atom is -0.381 e. The third-order valence-electron chi connectivity index (χ3n) is 6.26. The predicted octanol–water partition coefficient (Wildman–Crippen LogP) is 3.09. The Morgan fingerprint density at radius 1 is 1.28 bits per heavy atom. The maximum absolute atomic E-state index is 13.0. The number of nitrogens with one attached hydrogen (secondary N) is 1. The number of aryl methyl sites for hydroxylation is 1. The summed E-state index contributed by atoms with van der Waals surface area (Å²) in [7, 11) is 0. The van der Waals surface area contributed by atoms with Crippen molar-refractivity contribution in [3.63, 3.8) is 0 Å². The second-order valence-electron chi connectivity index (χ2n) is 8.31. The van der Waals surface area contributed by atoms with Gasteiger partial charge in [-0.15, -0.1) is 0 Å². The Bertz CT molecular complexity index is 801. The molecule has 1 atom stereocenters. The first-order valence-electron chi connectivity index (χ1n) is 10.6. The second kappa shape index (κ2) is 8.95. The number of aromatic nitrogens is 2. The lowest BCUT2D eigenvalue weighted by molar-refractivity contribution is 0.0498. The molecule has 2 saturated heterocycles. The van der Waals surface area contributed by atoms with Crippen molar-refractivity contribution in [3.05, 3.63) is 47.6 Å². The van der Waals surface area contributed by atoms with Crippen LogP contribution in [0.15, 0.2) is 34.9 Å². The molecule has 1 unspecified atom stereocenters. The Morgan fingerprint density at radius 3 is 2.79 bits per heavy atom. The van der Waals surface area contributed by atoms with Gasteiger partial charge in [-0.3, -0.25) is 0 Å². The summed E-state index contributed by atoms with van der Waals surface area (Å²) in [5.41, 5.74) is 1.24. The first-order valence-corrected chi connectivity index (χ1v) is 10.6. The summed E-state index contributed by atoms with van der Waals surface area (Å²) in [6, 6.07) is 10.5. The van der Waals surface area contributed by atoms with Crippen LogP contribution in [-0.2, 0) is 16.6 Å². The van der Waals surface area contributed by atoms with Crippen molar-refractivity contribution in [2.24, 2.45) is 5.92 Å². The molecule has 2 fully saturated rings. The molecule has 3 heterocycles. The van der Waals surface area contributed by atoms with Crippen molar-refractivity contribution >= 4 is 6.03 Å². The van der Waals surface area contributed by atoms with Gasteiger partial charge >= 0.3 is 6.03 Å². The molecule has 2 aliphatic rings. The molecule has 2 aliphatic heterocycles. The fourth-order valence-electron chi connectivity index (χ4n) is 4.58. The molecular formula is C22H30N4O3. The van der Waals surface area contributed by atoms with Crippen LogP contribution >= 0.6 is 0 Å². The van der Waals surface area contributed by atoms with Gasteiger partial charge in [0.2, 0.25) is 5.89 Å². The summed E-state index contributed by atoms with van der Waals surface area (Å²) in [4.78, 5) is 19.2. The molecule has 0 radical (unpaired) electrons. The molecular weight excluding hydrogens is 368 g/mol. The fourth-order valence-corrected chi connectivity index (χ4v) is 4.58. The van der Waals surface area contributed by atoms with E-state index in [4.69, 9.17) is 9.26 Å². The first kappa shape index (κ1) is 19.9. The number of nitrogens with zero attached hydrogens (tertiary/aromatic N) is 3. The number of benzene rings is 1. The molecule has 0 aliphatic carbocycles. The molecule has 0 bridgehead atoms. The topological polar surface area (TPSA) is 80.5 Å². The Balaban J connectivity index is 1.36. The monoisotopic (exact) mass is 398 g/mol. The van der Waals surface area contributed by atoms with Gasteiger partial charge in [0, 0.05) is 51.6 Å². The molecule has 29 heavy (non-hydrogen) atoms. The van der Waals surface area contributed by atoms with Crippen LogP contribution in [0.3, 0.4) is 0 Å². The highest BCUT2D eigenvalue weighted by molar-refractivity contribution is 5.74. The second-order valence-corrected chi connectivity index (χ2v) is 8.31. The molecule has 2 aromatic rings. The third-order valence-corrected chi connectivity index (χ3v) is 6.26. The number of amides is 2. The van der Waals surface area contributed by atoms with Crippen molar-refractivity contribution in [1.29, 1.82) is 0 Å². The van der Waals surface area contributed by atoms with Crippen LogP contribution < -0.4 is 5.32 Å². The number of rotatable bonds is 5. The molecule has 0 saturated carbocycles. The number of urea groups is 1. The molecule has 7 heteroatoms. The summed E-state index contributed by atoms with van der Waals surface area (Å²) < 4.78 is 10.7. The van der Waals surface area contributed by atoms with Crippen molar-refractivity contribution in [3.8, 4) is 0 Å². The average molecular weight is 399 g/mol. The zero-order chi connectivity index (χ0) is 20.1. The molecule has 156 valence electrons. The summed E-state index contributed by atoms with van der Waals surface area (Å²) in [5.74, 6) is 1.70. The largest absolute Gasteiger partial charge is 0.381 e. The Morgan fingerprint density at radius 2 is 2.07 bits per heavy atom. The number of hydrogen-bond donors (Lipinski definition) is 1. The van der Waals surface area contributed by atoms with Crippen molar-refractivity contribution in [2.75, 3.05) is 32.8 Å². The Kier molecular flexibility index (Phi) is 6.13. The van der Waals surface area contributed by atoms with E-state index in [1.165, 1.54) is 5.56 Å². The molecule has 0 spiro atoms. The number of piperidine rings is 1. The van der Waals surface area contributed by atoms with Gasteiger partial charge < -0.3 is 19.5 Å². The number of hydrogen-bond acceptors (Lipinski definition) is 5. The van der Waals surface area contributed by atoms with Crippen LogP contribution in [0.5, 0.6) is 0 Å². The van der Waals surface area contributed by atoms with E-state index in [-0.39, 0.29) is 11.4 Å². The Hall–Kier alpha value is -2.41. The highest BCUT2D eigenvalue weighted by atomic mass is 16.5. The highest BCUT2D eigenvalue weighted by Gasteiger charge is 2.35. The lowest BCUT2D eigenvalue weighted by Crippen LogP contribution is -2.51. The van der Waals surface area contributed by atoms with Crippen molar-refractivity contribution in [1.82, 2.24) is 20.4 Å². The van der Waals surface area contributed by atoms with Crippen LogP contribution in [0.2, 0.25) is 0 Å². The average Bonchev–Trinajstić information content (AvgIpc) is 3.18. The number of ether oxygens (including phenoxy) is 1. The van der Waals surface area contributed by atoms with Gasteiger partial charge in [-0.2, -0.15) is 4.98 Å². The zero-order valence-electron chi connectivity index (χ0n) is 17.1. The van der Waals surface area contributed by atoms with E-state index >= 15 is 0 Å². The van der Waals surface area contributed by atoms with Gasteiger partial charge in [0.25, 0.3) is 0 Å². The van der Waals surface area contributed by atoms with Crippen molar-refractivity contribution < 1.29 is 14.1 Å².